The first kappa shape index (κ1) is 15.7. The molecule has 0 heteroatoms. The summed E-state index contributed by atoms with van der Waals surface area (Å²) in [6.45, 7) is 10.7. The second kappa shape index (κ2) is 11.2. The number of hydrogen-bond donors (Lipinski definition) is 0. The molecule has 0 nitrogen and oxygen atoms in total. The Morgan fingerprint density at radius 3 is 1.75 bits per heavy atom. The van der Waals surface area contributed by atoms with Crippen LogP contribution >= 0.6 is 0 Å². The van der Waals surface area contributed by atoms with Gasteiger partial charge >= 0.3 is 0 Å². The molecule has 0 aliphatic carbocycles. The molecule has 0 heterocycles. The Balaban J connectivity index is 3.27. The Morgan fingerprint density at radius 1 is 0.750 bits per heavy atom. The lowest BCUT2D eigenvalue weighted by molar-refractivity contribution is 0.574. The van der Waals surface area contributed by atoms with Crippen LogP contribution in [0.4, 0.5) is 0 Å². The molecule has 0 spiro atoms. The largest absolute Gasteiger partial charge is 0.0744 e. The van der Waals surface area contributed by atoms with Crippen molar-refractivity contribution in [3.63, 3.8) is 0 Å². The van der Waals surface area contributed by atoms with Gasteiger partial charge in [0.1, 0.15) is 0 Å². The molecule has 0 saturated carbocycles. The molecule has 1 radical (unpaired) electrons. The van der Waals surface area contributed by atoms with E-state index in [4.69, 9.17) is 0 Å². The molecule has 0 aromatic heterocycles. The lowest BCUT2D eigenvalue weighted by atomic mass is 10.0. The molecule has 0 aliphatic heterocycles. The molecule has 0 N–H and O–H groups in total. The first-order chi connectivity index (χ1) is 7.72. The van der Waals surface area contributed by atoms with E-state index in [1.165, 1.54) is 63.4 Å². The molecule has 0 amide bonds. The molecule has 0 aromatic rings. The monoisotopic (exact) mass is 223 g/mol. The number of hydrogen-bond acceptors (Lipinski definition) is 0. The second-order valence-corrected chi connectivity index (χ2v) is 5.04. The van der Waals surface area contributed by atoms with Crippen molar-refractivity contribution < 1.29 is 0 Å². The van der Waals surface area contributed by atoms with E-state index in [0.29, 0.717) is 0 Å². The highest BCUT2D eigenvalue weighted by Gasteiger charge is 1.96. The summed E-state index contributed by atoms with van der Waals surface area (Å²) in [5.41, 5.74) is 3.06. The van der Waals surface area contributed by atoms with Crippen molar-refractivity contribution in [2.75, 3.05) is 0 Å². The van der Waals surface area contributed by atoms with Crippen LogP contribution in [0.2, 0.25) is 0 Å². The van der Waals surface area contributed by atoms with Crippen molar-refractivity contribution >= 4 is 0 Å². The third-order valence-corrected chi connectivity index (χ3v) is 3.51. The Kier molecular flexibility index (Phi) is 11.0. The maximum atomic E-state index is 3.94. The molecule has 0 saturated heterocycles. The van der Waals surface area contributed by atoms with Crippen LogP contribution in [-0.4, -0.2) is 0 Å². The van der Waals surface area contributed by atoms with E-state index < -0.39 is 0 Å². The van der Waals surface area contributed by atoms with Crippen LogP contribution in [0, 0.1) is 6.92 Å². The molecule has 95 valence electrons. The van der Waals surface area contributed by atoms with Gasteiger partial charge < -0.3 is 0 Å². The second-order valence-electron chi connectivity index (χ2n) is 5.04. The number of allylic oxidation sites excluding steroid dienone is 2. The van der Waals surface area contributed by atoms with Gasteiger partial charge in [0.15, 0.2) is 0 Å². The van der Waals surface area contributed by atoms with Gasteiger partial charge in [-0.3, -0.25) is 0 Å². The minimum atomic E-state index is 0.975. The summed E-state index contributed by atoms with van der Waals surface area (Å²) in [7, 11) is 0. The van der Waals surface area contributed by atoms with Gasteiger partial charge in [0.2, 0.25) is 0 Å². The summed E-state index contributed by atoms with van der Waals surface area (Å²) in [6, 6.07) is 0. The van der Waals surface area contributed by atoms with Crippen LogP contribution in [0.15, 0.2) is 11.1 Å². The van der Waals surface area contributed by atoms with Gasteiger partial charge in [-0.05, 0) is 40.0 Å². The third kappa shape index (κ3) is 9.00. The van der Waals surface area contributed by atoms with Crippen molar-refractivity contribution in [3.05, 3.63) is 18.1 Å². The van der Waals surface area contributed by atoms with E-state index in [0.717, 1.165) is 6.42 Å². The zero-order valence-electron chi connectivity index (χ0n) is 11.8. The predicted molar refractivity (Wildman–Crippen MR) is 75.6 cm³/mol. The van der Waals surface area contributed by atoms with E-state index in [-0.39, 0.29) is 0 Å². The van der Waals surface area contributed by atoms with Crippen LogP contribution < -0.4 is 0 Å². The molecule has 16 heavy (non-hydrogen) atoms. The standard InChI is InChI=1S/C16H31/c1-5-7-8-9-10-11-12-13-14-16(4)15(3)6-2/h2,5-14H2,1,3-4H3/b16-15-. The Hall–Kier alpha value is -0.260. The highest BCUT2D eigenvalue weighted by atomic mass is 14.0. The average molecular weight is 223 g/mol. The van der Waals surface area contributed by atoms with Crippen LogP contribution in [0.1, 0.15) is 85.0 Å². The normalized spacial score (nSPS) is 12.8. The minimum absolute atomic E-state index is 0.975. The first-order valence-corrected chi connectivity index (χ1v) is 7.16. The van der Waals surface area contributed by atoms with Gasteiger partial charge in [0, 0.05) is 0 Å². The van der Waals surface area contributed by atoms with E-state index in [9.17, 15) is 0 Å². The summed E-state index contributed by atoms with van der Waals surface area (Å²) in [5.74, 6) is 0. The number of rotatable bonds is 10. The maximum Gasteiger partial charge on any atom is -0.0320 e. The van der Waals surface area contributed by atoms with Crippen LogP contribution in [-0.2, 0) is 0 Å². The fourth-order valence-corrected chi connectivity index (χ4v) is 1.95. The zero-order valence-corrected chi connectivity index (χ0v) is 11.8. The zero-order chi connectivity index (χ0) is 12.2. The topological polar surface area (TPSA) is 0 Å². The predicted octanol–water partition coefficient (Wildman–Crippen LogP) is 6.08. The fraction of sp³-hybridized carbons (Fsp3) is 0.812. The Morgan fingerprint density at radius 2 is 1.25 bits per heavy atom. The molecule has 0 aromatic carbocycles. The molecule has 0 aliphatic rings. The van der Waals surface area contributed by atoms with Gasteiger partial charge in [0.05, 0.1) is 0 Å². The van der Waals surface area contributed by atoms with Crippen molar-refractivity contribution in [2.24, 2.45) is 0 Å². The highest BCUT2D eigenvalue weighted by molar-refractivity contribution is 5.09. The molecular weight excluding hydrogens is 192 g/mol. The van der Waals surface area contributed by atoms with Crippen molar-refractivity contribution in [1.29, 1.82) is 0 Å². The van der Waals surface area contributed by atoms with Gasteiger partial charge in [-0.2, -0.15) is 0 Å². The van der Waals surface area contributed by atoms with E-state index in [1.54, 1.807) is 5.57 Å². The first-order valence-electron chi connectivity index (χ1n) is 7.16. The number of unbranched alkanes of at least 4 members (excludes halogenated alkanes) is 7. The summed E-state index contributed by atoms with van der Waals surface area (Å²) in [4.78, 5) is 0. The maximum absolute atomic E-state index is 3.94. The Bertz CT molecular complexity index is 176. The summed E-state index contributed by atoms with van der Waals surface area (Å²) >= 11 is 0. The summed E-state index contributed by atoms with van der Waals surface area (Å²) in [6.07, 6.45) is 13.6. The lowest BCUT2D eigenvalue weighted by Crippen LogP contribution is -1.85. The van der Waals surface area contributed by atoms with E-state index in [2.05, 4.69) is 27.7 Å². The fourth-order valence-electron chi connectivity index (χ4n) is 1.95. The van der Waals surface area contributed by atoms with E-state index >= 15 is 0 Å². The molecule has 0 atom stereocenters. The highest BCUT2D eigenvalue weighted by Crippen LogP contribution is 2.16. The quantitative estimate of drug-likeness (QED) is 0.311. The SMILES string of the molecule is [CH2]C/C(C)=C(/C)CCCCCCCCCC. The third-order valence-electron chi connectivity index (χ3n) is 3.51. The van der Waals surface area contributed by atoms with Gasteiger partial charge in [-0.15, -0.1) is 0 Å². The van der Waals surface area contributed by atoms with Crippen molar-refractivity contribution in [1.82, 2.24) is 0 Å². The lowest BCUT2D eigenvalue weighted by Gasteiger charge is -2.05. The van der Waals surface area contributed by atoms with Gasteiger partial charge in [-0.25, -0.2) is 0 Å². The van der Waals surface area contributed by atoms with Gasteiger partial charge in [0.25, 0.3) is 0 Å². The minimum Gasteiger partial charge on any atom is -0.0744 e. The Labute approximate surface area is 104 Å². The smallest absolute Gasteiger partial charge is 0.0320 e. The average Bonchev–Trinajstić information content (AvgIpc) is 2.31. The van der Waals surface area contributed by atoms with Crippen LogP contribution in [0.5, 0.6) is 0 Å². The van der Waals surface area contributed by atoms with Crippen LogP contribution in [0.25, 0.3) is 0 Å². The van der Waals surface area contributed by atoms with Crippen LogP contribution in [0.3, 0.4) is 0 Å². The summed E-state index contributed by atoms with van der Waals surface area (Å²) < 4.78 is 0. The molecule has 0 rings (SSSR count). The molecule has 0 unspecified atom stereocenters. The van der Waals surface area contributed by atoms with Crippen molar-refractivity contribution in [2.45, 2.75) is 85.0 Å². The van der Waals surface area contributed by atoms with Crippen molar-refractivity contribution in [3.8, 4) is 0 Å². The molecule has 0 fully saturated rings. The summed E-state index contributed by atoms with van der Waals surface area (Å²) in [5, 5.41) is 0. The molecular formula is C16H31. The van der Waals surface area contributed by atoms with E-state index in [1.807, 2.05) is 0 Å². The molecule has 0 bridgehead atoms. The van der Waals surface area contributed by atoms with Gasteiger partial charge in [-0.1, -0.05) is 63.0 Å².